The quantitative estimate of drug-likeness (QED) is 0.757. The molecule has 0 unspecified atom stereocenters. The Kier molecular flexibility index (Phi) is 7.05. The molecule has 0 aliphatic carbocycles. The Hall–Kier alpha value is -1.82. The van der Waals surface area contributed by atoms with Gasteiger partial charge in [0.15, 0.2) is 11.6 Å². The lowest BCUT2D eigenvalue weighted by atomic mass is 10.2. The standard InChI is InChI=1S/C18H19Cl2FN2O2/c1-3-23(10-12-7-8-16(25-2)15(21)9-12)11-17(24)22-18-13(19)5-4-6-14(18)20/h4-9H,3,10-11H2,1-2H3,(H,22,24). The number of halogens is 3. The summed E-state index contributed by atoms with van der Waals surface area (Å²) < 4.78 is 18.7. The molecule has 0 spiro atoms. The van der Waals surface area contributed by atoms with E-state index in [-0.39, 0.29) is 18.2 Å². The van der Waals surface area contributed by atoms with E-state index in [1.54, 1.807) is 30.3 Å². The fraction of sp³-hybridized carbons (Fsp3) is 0.278. The molecule has 1 N–H and O–H groups in total. The van der Waals surface area contributed by atoms with Gasteiger partial charge in [-0.15, -0.1) is 0 Å². The molecule has 2 aromatic rings. The molecule has 2 rings (SSSR count). The highest BCUT2D eigenvalue weighted by atomic mass is 35.5. The van der Waals surface area contributed by atoms with E-state index in [1.807, 2.05) is 11.8 Å². The van der Waals surface area contributed by atoms with Crippen LogP contribution >= 0.6 is 23.2 Å². The summed E-state index contributed by atoms with van der Waals surface area (Å²) in [4.78, 5) is 14.2. The van der Waals surface area contributed by atoms with Crippen LogP contribution in [0.25, 0.3) is 0 Å². The summed E-state index contributed by atoms with van der Waals surface area (Å²) in [7, 11) is 1.42. The first kappa shape index (κ1) is 19.5. The maximum Gasteiger partial charge on any atom is 0.238 e. The number of rotatable bonds is 7. The SMILES string of the molecule is CCN(CC(=O)Nc1c(Cl)cccc1Cl)Cc1ccc(OC)c(F)c1. The van der Waals surface area contributed by atoms with Gasteiger partial charge in [0.2, 0.25) is 5.91 Å². The molecule has 1 amide bonds. The second kappa shape index (κ2) is 9.04. The third kappa shape index (κ3) is 5.33. The number of carbonyl (C=O) groups is 1. The average Bonchev–Trinajstić information content (AvgIpc) is 2.58. The van der Waals surface area contributed by atoms with Gasteiger partial charge in [-0.3, -0.25) is 9.69 Å². The molecule has 0 bridgehead atoms. The monoisotopic (exact) mass is 384 g/mol. The van der Waals surface area contributed by atoms with E-state index in [0.717, 1.165) is 5.56 Å². The van der Waals surface area contributed by atoms with Crippen molar-refractivity contribution in [1.29, 1.82) is 0 Å². The molecule has 0 atom stereocenters. The number of methoxy groups -OCH3 is 1. The molecule has 7 heteroatoms. The minimum Gasteiger partial charge on any atom is -0.494 e. The number of anilines is 1. The minimum atomic E-state index is -0.427. The zero-order valence-electron chi connectivity index (χ0n) is 14.0. The molecule has 0 aliphatic rings. The van der Waals surface area contributed by atoms with Gasteiger partial charge in [-0.25, -0.2) is 4.39 Å². The second-order valence-electron chi connectivity index (χ2n) is 5.42. The first-order valence-electron chi connectivity index (χ1n) is 7.73. The molecule has 0 heterocycles. The van der Waals surface area contributed by atoms with Gasteiger partial charge in [0, 0.05) is 6.54 Å². The number of nitrogens with one attached hydrogen (secondary N) is 1. The van der Waals surface area contributed by atoms with Gasteiger partial charge in [-0.2, -0.15) is 0 Å². The number of likely N-dealkylation sites (N-methyl/N-ethyl adjacent to an activating group) is 1. The topological polar surface area (TPSA) is 41.6 Å². The predicted octanol–water partition coefficient (Wildman–Crippen LogP) is 4.60. The maximum atomic E-state index is 13.8. The van der Waals surface area contributed by atoms with Crippen molar-refractivity contribution < 1.29 is 13.9 Å². The molecule has 0 radical (unpaired) electrons. The number of hydrogen-bond acceptors (Lipinski definition) is 3. The zero-order valence-corrected chi connectivity index (χ0v) is 15.5. The molecular weight excluding hydrogens is 366 g/mol. The molecule has 0 saturated carbocycles. The minimum absolute atomic E-state index is 0.131. The molecule has 134 valence electrons. The largest absolute Gasteiger partial charge is 0.494 e. The second-order valence-corrected chi connectivity index (χ2v) is 6.23. The number of hydrogen-bond donors (Lipinski definition) is 1. The van der Waals surface area contributed by atoms with Gasteiger partial charge in [-0.1, -0.05) is 42.3 Å². The van der Waals surface area contributed by atoms with Crippen molar-refractivity contribution >= 4 is 34.8 Å². The first-order valence-corrected chi connectivity index (χ1v) is 8.48. The van der Waals surface area contributed by atoms with Crippen LogP contribution in [0, 0.1) is 5.82 Å². The number of ether oxygens (including phenoxy) is 1. The van der Waals surface area contributed by atoms with Crippen molar-refractivity contribution in [2.45, 2.75) is 13.5 Å². The summed E-state index contributed by atoms with van der Waals surface area (Å²) in [6.45, 7) is 3.11. The Morgan fingerprint density at radius 2 is 1.92 bits per heavy atom. The summed E-state index contributed by atoms with van der Waals surface area (Å²) in [6, 6.07) is 9.76. The van der Waals surface area contributed by atoms with Crippen LogP contribution in [0.2, 0.25) is 10.0 Å². The highest BCUT2D eigenvalue weighted by molar-refractivity contribution is 6.39. The van der Waals surface area contributed by atoms with Gasteiger partial charge in [0.1, 0.15) is 0 Å². The van der Waals surface area contributed by atoms with Crippen molar-refractivity contribution in [2.24, 2.45) is 0 Å². The lowest BCUT2D eigenvalue weighted by Crippen LogP contribution is -2.32. The summed E-state index contributed by atoms with van der Waals surface area (Å²) in [6.07, 6.45) is 0. The highest BCUT2D eigenvalue weighted by Crippen LogP contribution is 2.29. The van der Waals surface area contributed by atoms with Gasteiger partial charge >= 0.3 is 0 Å². The lowest BCUT2D eigenvalue weighted by Gasteiger charge is -2.20. The van der Waals surface area contributed by atoms with E-state index in [9.17, 15) is 9.18 Å². The summed E-state index contributed by atoms with van der Waals surface area (Å²) in [5, 5.41) is 3.47. The van der Waals surface area contributed by atoms with Gasteiger partial charge in [0.05, 0.1) is 29.4 Å². The Morgan fingerprint density at radius 3 is 2.48 bits per heavy atom. The fourth-order valence-electron chi connectivity index (χ4n) is 2.35. The average molecular weight is 385 g/mol. The van der Waals surface area contributed by atoms with Crippen LogP contribution < -0.4 is 10.1 Å². The smallest absolute Gasteiger partial charge is 0.238 e. The number of carbonyl (C=O) groups excluding carboxylic acids is 1. The van der Waals surface area contributed by atoms with Crippen LogP contribution in [0.1, 0.15) is 12.5 Å². The summed E-state index contributed by atoms with van der Waals surface area (Å²) in [5.74, 6) is -0.480. The highest BCUT2D eigenvalue weighted by Gasteiger charge is 2.14. The van der Waals surface area contributed by atoms with E-state index in [1.165, 1.54) is 13.2 Å². The third-order valence-corrected chi connectivity index (χ3v) is 4.29. The Balaban J connectivity index is 2.01. The van der Waals surface area contributed by atoms with Crippen LogP contribution in [-0.2, 0) is 11.3 Å². The number of amides is 1. The molecule has 4 nitrogen and oxygen atoms in total. The van der Waals surface area contributed by atoms with E-state index < -0.39 is 5.82 Å². The van der Waals surface area contributed by atoms with Crippen molar-refractivity contribution in [3.8, 4) is 5.75 Å². The summed E-state index contributed by atoms with van der Waals surface area (Å²) in [5.41, 5.74) is 1.14. The van der Waals surface area contributed by atoms with Gasteiger partial charge in [-0.05, 0) is 36.4 Å². The van der Waals surface area contributed by atoms with E-state index in [4.69, 9.17) is 27.9 Å². The van der Waals surface area contributed by atoms with Crippen LogP contribution in [0.5, 0.6) is 5.75 Å². The van der Waals surface area contributed by atoms with E-state index in [0.29, 0.717) is 28.8 Å². The number of benzene rings is 2. The molecule has 0 saturated heterocycles. The Bertz CT molecular complexity index is 736. The number of para-hydroxylation sites is 1. The van der Waals surface area contributed by atoms with Crippen LogP contribution in [0.3, 0.4) is 0 Å². The maximum absolute atomic E-state index is 13.8. The van der Waals surface area contributed by atoms with Crippen molar-refractivity contribution in [3.05, 3.63) is 57.8 Å². The third-order valence-electron chi connectivity index (χ3n) is 3.66. The first-order chi connectivity index (χ1) is 11.9. The Labute approximate surface area is 156 Å². The van der Waals surface area contributed by atoms with Gasteiger partial charge in [0.25, 0.3) is 0 Å². The predicted molar refractivity (Wildman–Crippen MR) is 99.0 cm³/mol. The van der Waals surface area contributed by atoms with E-state index in [2.05, 4.69) is 5.32 Å². The number of nitrogens with zero attached hydrogens (tertiary/aromatic N) is 1. The molecular formula is C18H19Cl2FN2O2. The normalized spacial score (nSPS) is 10.8. The molecule has 2 aromatic carbocycles. The van der Waals surface area contributed by atoms with Gasteiger partial charge < -0.3 is 10.1 Å². The van der Waals surface area contributed by atoms with Crippen LogP contribution in [0.15, 0.2) is 36.4 Å². The molecule has 0 aliphatic heterocycles. The van der Waals surface area contributed by atoms with Crippen LogP contribution in [-0.4, -0.2) is 31.0 Å². The molecule has 0 fully saturated rings. The van der Waals surface area contributed by atoms with Crippen molar-refractivity contribution in [2.75, 3.05) is 25.5 Å². The fourth-order valence-corrected chi connectivity index (χ4v) is 2.84. The van der Waals surface area contributed by atoms with Crippen molar-refractivity contribution in [1.82, 2.24) is 4.90 Å². The van der Waals surface area contributed by atoms with Crippen LogP contribution in [0.4, 0.5) is 10.1 Å². The van der Waals surface area contributed by atoms with E-state index >= 15 is 0 Å². The van der Waals surface area contributed by atoms with Crippen molar-refractivity contribution in [3.63, 3.8) is 0 Å². The molecule has 0 aromatic heterocycles. The molecule has 25 heavy (non-hydrogen) atoms. The summed E-state index contributed by atoms with van der Waals surface area (Å²) >= 11 is 12.1. The lowest BCUT2D eigenvalue weighted by molar-refractivity contribution is -0.117. The Morgan fingerprint density at radius 1 is 1.24 bits per heavy atom. The zero-order chi connectivity index (χ0) is 18.4.